The van der Waals surface area contributed by atoms with Crippen molar-refractivity contribution < 1.29 is 4.79 Å². The molecule has 0 unspecified atom stereocenters. The SMILES string of the molecule is CC(=O)c1ccc2c(c1)/C(=C\CCN(C)C)c1ccccc1S2. The molecule has 2 aromatic carbocycles. The third-order valence-electron chi connectivity index (χ3n) is 4.00. The van der Waals surface area contributed by atoms with Crippen molar-refractivity contribution in [1.82, 2.24) is 4.90 Å². The number of hydrogen-bond donors (Lipinski definition) is 0. The van der Waals surface area contributed by atoms with Crippen molar-refractivity contribution in [3.8, 4) is 0 Å². The fourth-order valence-electron chi connectivity index (χ4n) is 2.78. The Morgan fingerprint density at radius 1 is 1.09 bits per heavy atom. The van der Waals surface area contributed by atoms with Crippen molar-refractivity contribution in [2.75, 3.05) is 20.6 Å². The number of nitrogens with zero attached hydrogens (tertiary/aromatic N) is 1. The zero-order valence-electron chi connectivity index (χ0n) is 13.8. The molecular formula is C20H21NOS. The zero-order chi connectivity index (χ0) is 16.4. The van der Waals surface area contributed by atoms with Crippen LogP contribution in [-0.4, -0.2) is 31.3 Å². The molecule has 23 heavy (non-hydrogen) atoms. The summed E-state index contributed by atoms with van der Waals surface area (Å²) in [6.07, 6.45) is 3.30. The molecule has 1 aliphatic heterocycles. The van der Waals surface area contributed by atoms with Crippen molar-refractivity contribution in [2.45, 2.75) is 23.1 Å². The van der Waals surface area contributed by atoms with Crippen LogP contribution >= 0.6 is 11.8 Å². The summed E-state index contributed by atoms with van der Waals surface area (Å²) in [7, 11) is 4.18. The number of fused-ring (bicyclic) bond motifs is 2. The Morgan fingerprint density at radius 2 is 1.83 bits per heavy atom. The van der Waals surface area contributed by atoms with Crippen LogP contribution < -0.4 is 0 Å². The highest BCUT2D eigenvalue weighted by molar-refractivity contribution is 7.99. The molecule has 0 amide bonds. The minimum atomic E-state index is 0.115. The van der Waals surface area contributed by atoms with E-state index in [1.807, 2.05) is 12.1 Å². The Labute approximate surface area is 142 Å². The first-order valence-electron chi connectivity index (χ1n) is 7.84. The molecule has 2 nitrogen and oxygen atoms in total. The Hall–Kier alpha value is -1.84. The minimum Gasteiger partial charge on any atom is -0.309 e. The average molecular weight is 323 g/mol. The third kappa shape index (κ3) is 3.41. The van der Waals surface area contributed by atoms with Gasteiger partial charge in [0.2, 0.25) is 0 Å². The molecule has 2 aromatic rings. The van der Waals surface area contributed by atoms with Gasteiger partial charge in [0.1, 0.15) is 0 Å². The van der Waals surface area contributed by atoms with Gasteiger partial charge in [-0.1, -0.05) is 42.1 Å². The van der Waals surface area contributed by atoms with Crippen LogP contribution in [0, 0.1) is 0 Å². The molecule has 3 rings (SSSR count). The molecule has 0 atom stereocenters. The van der Waals surface area contributed by atoms with Gasteiger partial charge in [-0.25, -0.2) is 0 Å². The fraction of sp³-hybridized carbons (Fsp3) is 0.250. The largest absolute Gasteiger partial charge is 0.309 e. The van der Waals surface area contributed by atoms with Crippen molar-refractivity contribution in [3.05, 3.63) is 65.2 Å². The van der Waals surface area contributed by atoms with Gasteiger partial charge in [0, 0.05) is 21.9 Å². The molecular weight excluding hydrogens is 302 g/mol. The summed E-state index contributed by atoms with van der Waals surface area (Å²) in [5.41, 5.74) is 4.48. The van der Waals surface area contributed by atoms with E-state index in [1.165, 1.54) is 26.5 Å². The maximum atomic E-state index is 11.8. The number of hydrogen-bond acceptors (Lipinski definition) is 3. The van der Waals surface area contributed by atoms with E-state index in [-0.39, 0.29) is 5.78 Å². The predicted molar refractivity (Wildman–Crippen MR) is 97.3 cm³/mol. The van der Waals surface area contributed by atoms with Crippen LogP contribution in [0.3, 0.4) is 0 Å². The summed E-state index contributed by atoms with van der Waals surface area (Å²) in [5, 5.41) is 0. The van der Waals surface area contributed by atoms with Crippen LogP contribution in [0.25, 0.3) is 5.57 Å². The topological polar surface area (TPSA) is 20.3 Å². The minimum absolute atomic E-state index is 0.115. The van der Waals surface area contributed by atoms with Crippen molar-refractivity contribution in [3.63, 3.8) is 0 Å². The zero-order valence-corrected chi connectivity index (χ0v) is 14.6. The van der Waals surface area contributed by atoms with E-state index in [0.717, 1.165) is 18.5 Å². The number of Topliss-reactive ketones (excluding diaryl/α,β-unsaturated/α-hetero) is 1. The lowest BCUT2D eigenvalue weighted by atomic mass is 9.94. The second-order valence-electron chi connectivity index (χ2n) is 6.08. The van der Waals surface area contributed by atoms with Gasteiger partial charge in [0.25, 0.3) is 0 Å². The molecule has 0 bridgehead atoms. The van der Waals surface area contributed by atoms with E-state index in [4.69, 9.17) is 0 Å². The molecule has 0 saturated heterocycles. The van der Waals surface area contributed by atoms with Gasteiger partial charge < -0.3 is 4.90 Å². The van der Waals surface area contributed by atoms with Crippen LogP contribution in [0.15, 0.2) is 58.3 Å². The second kappa shape index (κ2) is 6.73. The smallest absolute Gasteiger partial charge is 0.159 e. The standard InChI is InChI=1S/C20H21NOS/c1-14(22)15-10-11-20-18(13-15)16(8-6-12-21(2)3)17-7-4-5-9-19(17)23-20/h4-5,7-11,13H,6,12H2,1-3H3/b16-8-. The molecule has 0 N–H and O–H groups in total. The van der Waals surface area contributed by atoms with Gasteiger partial charge in [-0.2, -0.15) is 0 Å². The summed E-state index contributed by atoms with van der Waals surface area (Å²) >= 11 is 1.78. The summed E-state index contributed by atoms with van der Waals surface area (Å²) in [6.45, 7) is 2.64. The van der Waals surface area contributed by atoms with E-state index in [0.29, 0.717) is 0 Å². The van der Waals surface area contributed by atoms with Crippen LogP contribution in [-0.2, 0) is 0 Å². The molecule has 0 spiro atoms. The maximum Gasteiger partial charge on any atom is 0.159 e. The molecule has 1 heterocycles. The van der Waals surface area contributed by atoms with E-state index in [1.54, 1.807) is 18.7 Å². The Morgan fingerprint density at radius 3 is 2.57 bits per heavy atom. The van der Waals surface area contributed by atoms with Crippen molar-refractivity contribution in [2.24, 2.45) is 0 Å². The maximum absolute atomic E-state index is 11.8. The number of carbonyl (C=O) groups excluding carboxylic acids is 1. The molecule has 0 fully saturated rings. The Kier molecular flexibility index (Phi) is 4.69. The number of ketones is 1. The summed E-state index contributed by atoms with van der Waals surface area (Å²) in [6, 6.07) is 14.6. The van der Waals surface area contributed by atoms with Gasteiger partial charge in [0.15, 0.2) is 5.78 Å². The summed E-state index contributed by atoms with van der Waals surface area (Å²) in [5.74, 6) is 0.115. The third-order valence-corrected chi connectivity index (χ3v) is 5.15. The molecule has 0 saturated carbocycles. The first-order chi connectivity index (χ1) is 11.1. The van der Waals surface area contributed by atoms with Crippen LogP contribution in [0.2, 0.25) is 0 Å². The average Bonchev–Trinajstić information content (AvgIpc) is 2.53. The quantitative estimate of drug-likeness (QED) is 0.647. The van der Waals surface area contributed by atoms with Crippen LogP contribution in [0.5, 0.6) is 0 Å². The highest BCUT2D eigenvalue weighted by Gasteiger charge is 2.21. The molecule has 1 aliphatic rings. The fourth-order valence-corrected chi connectivity index (χ4v) is 3.86. The van der Waals surface area contributed by atoms with Crippen molar-refractivity contribution in [1.29, 1.82) is 0 Å². The summed E-state index contributed by atoms with van der Waals surface area (Å²) in [4.78, 5) is 16.5. The molecule has 0 radical (unpaired) electrons. The molecule has 0 aliphatic carbocycles. The normalized spacial score (nSPS) is 14.7. The van der Waals surface area contributed by atoms with Crippen LogP contribution in [0.4, 0.5) is 0 Å². The van der Waals surface area contributed by atoms with E-state index in [9.17, 15) is 4.79 Å². The number of carbonyl (C=O) groups is 1. The van der Waals surface area contributed by atoms with Gasteiger partial charge >= 0.3 is 0 Å². The highest BCUT2D eigenvalue weighted by atomic mass is 32.2. The van der Waals surface area contributed by atoms with Crippen molar-refractivity contribution >= 4 is 23.1 Å². The Bertz CT molecular complexity index is 777. The van der Waals surface area contributed by atoms with Gasteiger partial charge in [0.05, 0.1) is 0 Å². The molecule has 118 valence electrons. The number of benzene rings is 2. The lowest BCUT2D eigenvalue weighted by molar-refractivity contribution is 0.101. The van der Waals surface area contributed by atoms with Crippen LogP contribution in [0.1, 0.15) is 34.8 Å². The lowest BCUT2D eigenvalue weighted by Gasteiger charge is -2.23. The van der Waals surface area contributed by atoms with E-state index >= 15 is 0 Å². The summed E-state index contributed by atoms with van der Waals surface area (Å²) < 4.78 is 0. The first-order valence-corrected chi connectivity index (χ1v) is 8.65. The first kappa shape index (κ1) is 16.0. The molecule has 3 heteroatoms. The van der Waals surface area contributed by atoms with E-state index < -0.39 is 0 Å². The molecule has 0 aromatic heterocycles. The van der Waals surface area contributed by atoms with Gasteiger partial charge in [-0.3, -0.25) is 4.79 Å². The highest BCUT2D eigenvalue weighted by Crippen LogP contribution is 2.45. The predicted octanol–water partition coefficient (Wildman–Crippen LogP) is 4.74. The van der Waals surface area contributed by atoms with Gasteiger partial charge in [-0.15, -0.1) is 0 Å². The lowest BCUT2D eigenvalue weighted by Crippen LogP contribution is -2.12. The monoisotopic (exact) mass is 323 g/mol. The Balaban J connectivity index is 2.09. The van der Waals surface area contributed by atoms with E-state index in [2.05, 4.69) is 55.4 Å². The number of rotatable bonds is 4. The van der Waals surface area contributed by atoms with Gasteiger partial charge in [-0.05, 0) is 62.3 Å². The second-order valence-corrected chi connectivity index (χ2v) is 7.16.